The van der Waals surface area contributed by atoms with Gasteiger partial charge in [-0.3, -0.25) is 19.6 Å². The van der Waals surface area contributed by atoms with E-state index in [-0.39, 0.29) is 22.9 Å². The highest BCUT2D eigenvalue weighted by Crippen LogP contribution is 2.31. The van der Waals surface area contributed by atoms with Crippen LogP contribution in [0.2, 0.25) is 0 Å². The Kier molecular flexibility index (Phi) is 3.72. The average Bonchev–Trinajstić information content (AvgIpc) is 2.81. The summed E-state index contributed by atoms with van der Waals surface area (Å²) in [7, 11) is -2.31. The molecule has 9 heteroatoms. The third kappa shape index (κ3) is 2.81. The maximum atomic E-state index is 12.4. The molecule has 0 radical (unpaired) electrons. The summed E-state index contributed by atoms with van der Waals surface area (Å²) in [6.07, 6.45) is 0.207. The smallest absolute Gasteiger partial charge is 0.270 e. The van der Waals surface area contributed by atoms with Crippen molar-refractivity contribution in [1.82, 2.24) is 0 Å². The number of nitrogens with one attached hydrogen (secondary N) is 1. The summed E-state index contributed by atoms with van der Waals surface area (Å²) in [5.41, 5.74) is 1.45. The summed E-state index contributed by atoms with van der Waals surface area (Å²) >= 11 is 0. The number of nitro benzene ring substituents is 1. The molecule has 0 unspecified atom stereocenters. The van der Waals surface area contributed by atoms with Crippen molar-refractivity contribution in [1.29, 1.82) is 0 Å². The number of fused-ring (bicyclic) bond motifs is 1. The number of rotatable bonds is 4. The van der Waals surface area contributed by atoms with Gasteiger partial charge in [0.25, 0.3) is 15.7 Å². The molecule has 24 heavy (non-hydrogen) atoms. The van der Waals surface area contributed by atoms with E-state index in [0.29, 0.717) is 5.69 Å². The Labute approximate surface area is 137 Å². The zero-order chi connectivity index (χ0) is 17.5. The number of nitrogens with zero attached hydrogens (tertiary/aromatic N) is 2. The molecule has 0 bridgehead atoms. The maximum absolute atomic E-state index is 12.4. The first-order valence-electron chi connectivity index (χ1n) is 6.95. The zero-order valence-corrected chi connectivity index (χ0v) is 13.4. The van der Waals surface area contributed by atoms with Crippen LogP contribution < -0.4 is 9.62 Å². The van der Waals surface area contributed by atoms with E-state index in [0.717, 1.165) is 17.3 Å². The van der Waals surface area contributed by atoms with Crippen LogP contribution in [0.3, 0.4) is 0 Å². The fraction of sp³-hybridized carbons (Fsp3) is 0.133. The van der Waals surface area contributed by atoms with Crippen LogP contribution in [0.5, 0.6) is 0 Å². The second kappa shape index (κ2) is 5.60. The van der Waals surface area contributed by atoms with Gasteiger partial charge in [-0.2, -0.15) is 0 Å². The van der Waals surface area contributed by atoms with Crippen molar-refractivity contribution in [3.63, 3.8) is 0 Å². The lowest BCUT2D eigenvalue weighted by Gasteiger charge is -2.12. The van der Waals surface area contributed by atoms with Gasteiger partial charge in [0.15, 0.2) is 0 Å². The van der Waals surface area contributed by atoms with E-state index in [2.05, 4.69) is 4.72 Å². The number of likely N-dealkylation sites (N-methyl/N-ethyl adjacent to an activating group) is 1. The van der Waals surface area contributed by atoms with Crippen LogP contribution in [0.25, 0.3) is 0 Å². The minimum Gasteiger partial charge on any atom is -0.315 e. The fourth-order valence-corrected chi connectivity index (χ4v) is 3.60. The topological polar surface area (TPSA) is 110 Å². The third-order valence-corrected chi connectivity index (χ3v) is 5.13. The number of amides is 1. The van der Waals surface area contributed by atoms with E-state index in [1.807, 2.05) is 0 Å². The molecule has 2 aromatic rings. The number of non-ortho nitro benzene ring substituents is 1. The molecule has 8 nitrogen and oxygen atoms in total. The predicted molar refractivity (Wildman–Crippen MR) is 87.5 cm³/mol. The van der Waals surface area contributed by atoms with E-state index < -0.39 is 14.9 Å². The van der Waals surface area contributed by atoms with Gasteiger partial charge in [0.05, 0.1) is 16.2 Å². The van der Waals surface area contributed by atoms with Gasteiger partial charge in [-0.25, -0.2) is 8.42 Å². The molecule has 1 heterocycles. The van der Waals surface area contributed by atoms with Gasteiger partial charge in [0.2, 0.25) is 5.91 Å². The van der Waals surface area contributed by atoms with E-state index >= 15 is 0 Å². The van der Waals surface area contributed by atoms with Crippen LogP contribution >= 0.6 is 0 Å². The van der Waals surface area contributed by atoms with E-state index in [4.69, 9.17) is 0 Å². The monoisotopic (exact) mass is 347 g/mol. The summed E-state index contributed by atoms with van der Waals surface area (Å²) in [6.45, 7) is 0. The van der Waals surface area contributed by atoms with Crippen molar-refractivity contribution in [2.24, 2.45) is 0 Å². The van der Waals surface area contributed by atoms with Gasteiger partial charge in [-0.1, -0.05) is 6.07 Å². The van der Waals surface area contributed by atoms with Crippen molar-refractivity contribution < 1.29 is 18.1 Å². The Hall–Kier alpha value is -2.94. The van der Waals surface area contributed by atoms with Crippen LogP contribution in [0.1, 0.15) is 5.56 Å². The molecule has 1 amide bonds. The van der Waals surface area contributed by atoms with Crippen molar-refractivity contribution in [3.05, 3.63) is 58.1 Å². The highest BCUT2D eigenvalue weighted by molar-refractivity contribution is 7.92. The van der Waals surface area contributed by atoms with Crippen molar-refractivity contribution in [3.8, 4) is 0 Å². The zero-order valence-electron chi connectivity index (χ0n) is 12.6. The second-order valence-corrected chi connectivity index (χ2v) is 7.02. The molecule has 2 aromatic carbocycles. The van der Waals surface area contributed by atoms with E-state index in [9.17, 15) is 23.3 Å². The van der Waals surface area contributed by atoms with Crippen molar-refractivity contribution in [2.75, 3.05) is 16.7 Å². The Morgan fingerprint density at radius 1 is 1.21 bits per heavy atom. The summed E-state index contributed by atoms with van der Waals surface area (Å²) in [4.78, 5) is 23.1. The molecule has 1 N–H and O–H groups in total. The fourth-order valence-electron chi connectivity index (χ4n) is 2.51. The number of benzene rings is 2. The molecule has 0 fully saturated rings. The molecule has 124 valence electrons. The molecule has 0 aromatic heterocycles. The van der Waals surface area contributed by atoms with Crippen LogP contribution in [0, 0.1) is 10.1 Å². The Morgan fingerprint density at radius 3 is 2.67 bits per heavy atom. The van der Waals surface area contributed by atoms with Crippen LogP contribution in [-0.2, 0) is 21.2 Å². The summed E-state index contributed by atoms with van der Waals surface area (Å²) in [5, 5.41) is 10.8. The van der Waals surface area contributed by atoms with E-state index in [1.54, 1.807) is 25.2 Å². The predicted octanol–water partition coefficient (Wildman–Crippen LogP) is 1.91. The lowest BCUT2D eigenvalue weighted by molar-refractivity contribution is -0.385. The summed E-state index contributed by atoms with van der Waals surface area (Å²) in [5.74, 6) is -0.0660. The summed E-state index contributed by atoms with van der Waals surface area (Å²) in [6, 6.07) is 9.59. The van der Waals surface area contributed by atoms with Crippen molar-refractivity contribution in [2.45, 2.75) is 11.3 Å². The van der Waals surface area contributed by atoms with Gasteiger partial charge in [0, 0.05) is 30.6 Å². The Balaban J connectivity index is 1.91. The number of nitro groups is 1. The molecule has 1 aliphatic rings. The van der Waals surface area contributed by atoms with Gasteiger partial charge in [0.1, 0.15) is 0 Å². The Bertz CT molecular complexity index is 955. The number of carbonyl (C=O) groups excluding carboxylic acids is 1. The van der Waals surface area contributed by atoms with Crippen LogP contribution in [0.15, 0.2) is 47.4 Å². The molecule has 3 rings (SSSR count). The van der Waals surface area contributed by atoms with Crippen molar-refractivity contribution >= 4 is 33.0 Å². The lowest BCUT2D eigenvalue weighted by atomic mass is 10.1. The minimum absolute atomic E-state index is 0.0660. The number of carbonyl (C=O) groups is 1. The second-order valence-electron chi connectivity index (χ2n) is 5.33. The standard InChI is InChI=1S/C15H13N3O5S/c1-17-14-6-5-11(7-10(14)8-15(17)19)16-24(22,23)13-4-2-3-12(9-13)18(20)21/h2-7,9,16H,8H2,1H3. The number of hydrogen-bond acceptors (Lipinski definition) is 5. The van der Waals surface area contributed by atoms with Gasteiger partial charge < -0.3 is 4.90 Å². The quantitative estimate of drug-likeness (QED) is 0.671. The first-order chi connectivity index (χ1) is 11.3. The molecular weight excluding hydrogens is 334 g/mol. The van der Waals surface area contributed by atoms with Gasteiger partial charge >= 0.3 is 0 Å². The largest absolute Gasteiger partial charge is 0.315 e. The molecule has 0 saturated carbocycles. The van der Waals surface area contributed by atoms with E-state index in [1.165, 1.54) is 23.1 Å². The number of anilines is 2. The molecular formula is C15H13N3O5S. The Morgan fingerprint density at radius 2 is 1.96 bits per heavy atom. The highest BCUT2D eigenvalue weighted by Gasteiger charge is 2.25. The molecule has 0 aliphatic carbocycles. The maximum Gasteiger partial charge on any atom is 0.270 e. The van der Waals surface area contributed by atoms with Gasteiger partial charge in [-0.05, 0) is 29.8 Å². The normalized spacial score (nSPS) is 13.7. The lowest BCUT2D eigenvalue weighted by Crippen LogP contribution is -2.20. The molecule has 0 spiro atoms. The molecule has 0 saturated heterocycles. The SMILES string of the molecule is CN1C(=O)Cc2cc(NS(=O)(=O)c3cccc([N+](=O)[O-])c3)ccc21. The average molecular weight is 347 g/mol. The molecule has 0 atom stereocenters. The first-order valence-corrected chi connectivity index (χ1v) is 8.43. The first kappa shape index (κ1) is 15.9. The molecule has 1 aliphatic heterocycles. The summed E-state index contributed by atoms with van der Waals surface area (Å²) < 4.78 is 27.2. The number of hydrogen-bond donors (Lipinski definition) is 1. The third-order valence-electron chi connectivity index (χ3n) is 3.75. The highest BCUT2D eigenvalue weighted by atomic mass is 32.2. The van der Waals surface area contributed by atoms with Crippen LogP contribution in [0.4, 0.5) is 17.1 Å². The number of sulfonamides is 1. The van der Waals surface area contributed by atoms with Gasteiger partial charge in [-0.15, -0.1) is 0 Å². The minimum atomic E-state index is -3.97. The van der Waals surface area contributed by atoms with Crippen LogP contribution in [-0.4, -0.2) is 26.3 Å².